The number of amides is 3. The van der Waals surface area contributed by atoms with Crippen LogP contribution in [0.3, 0.4) is 0 Å². The number of hydrogen-bond acceptors (Lipinski definition) is 4. The van der Waals surface area contributed by atoms with Crippen molar-refractivity contribution in [3.05, 3.63) is 30.1 Å². The van der Waals surface area contributed by atoms with Gasteiger partial charge < -0.3 is 15.2 Å². The number of urea groups is 1. The largest absolute Gasteiger partial charge is 0.491 e. The highest BCUT2D eigenvalue weighted by molar-refractivity contribution is 6.07. The van der Waals surface area contributed by atoms with Gasteiger partial charge in [0.1, 0.15) is 29.8 Å². The SMILES string of the molecule is CCC1(CC)NC(=O)N(CC(O)COc2ccc(F)cc2)C1=O. The van der Waals surface area contributed by atoms with Gasteiger partial charge in [-0.25, -0.2) is 9.18 Å². The van der Waals surface area contributed by atoms with Crippen molar-refractivity contribution in [3.63, 3.8) is 0 Å². The summed E-state index contributed by atoms with van der Waals surface area (Å²) in [6.07, 6.45) is -0.0428. The first-order chi connectivity index (χ1) is 10.9. The number of halogens is 1. The summed E-state index contributed by atoms with van der Waals surface area (Å²) < 4.78 is 18.1. The van der Waals surface area contributed by atoms with Crippen LogP contribution in [-0.2, 0) is 4.79 Å². The van der Waals surface area contributed by atoms with E-state index in [0.717, 1.165) is 4.90 Å². The van der Waals surface area contributed by atoms with Crippen molar-refractivity contribution >= 4 is 11.9 Å². The number of benzene rings is 1. The summed E-state index contributed by atoms with van der Waals surface area (Å²) in [6, 6.07) is 4.87. The second kappa shape index (κ2) is 6.95. The van der Waals surface area contributed by atoms with Crippen molar-refractivity contribution in [2.24, 2.45) is 0 Å². The Morgan fingerprint density at radius 3 is 2.39 bits per heavy atom. The molecule has 126 valence electrons. The fourth-order valence-electron chi connectivity index (χ4n) is 2.56. The molecule has 2 N–H and O–H groups in total. The zero-order valence-electron chi connectivity index (χ0n) is 13.2. The number of nitrogens with zero attached hydrogens (tertiary/aromatic N) is 1. The number of carbonyl (C=O) groups excluding carboxylic acids is 2. The molecule has 2 rings (SSSR count). The highest BCUT2D eigenvalue weighted by Gasteiger charge is 2.48. The van der Waals surface area contributed by atoms with Crippen LogP contribution in [-0.4, -0.2) is 46.7 Å². The van der Waals surface area contributed by atoms with E-state index in [9.17, 15) is 19.1 Å². The molecule has 1 aromatic carbocycles. The topological polar surface area (TPSA) is 78.9 Å². The Kier molecular flexibility index (Phi) is 5.20. The highest BCUT2D eigenvalue weighted by atomic mass is 19.1. The monoisotopic (exact) mass is 324 g/mol. The minimum absolute atomic E-state index is 0.103. The van der Waals surface area contributed by atoms with Gasteiger partial charge in [-0.15, -0.1) is 0 Å². The van der Waals surface area contributed by atoms with Crippen molar-refractivity contribution in [2.45, 2.75) is 38.3 Å². The Balaban J connectivity index is 1.92. The zero-order valence-corrected chi connectivity index (χ0v) is 13.2. The first-order valence-corrected chi connectivity index (χ1v) is 7.62. The van der Waals surface area contributed by atoms with Crippen molar-refractivity contribution in [3.8, 4) is 5.75 Å². The van der Waals surface area contributed by atoms with Crippen molar-refractivity contribution < 1.29 is 23.8 Å². The van der Waals surface area contributed by atoms with Crippen LogP contribution in [0.5, 0.6) is 5.75 Å². The second-order valence-corrected chi connectivity index (χ2v) is 5.55. The van der Waals surface area contributed by atoms with E-state index in [-0.39, 0.29) is 24.9 Å². The van der Waals surface area contributed by atoms with E-state index in [2.05, 4.69) is 5.32 Å². The number of rotatable bonds is 7. The summed E-state index contributed by atoms with van der Waals surface area (Å²) >= 11 is 0. The van der Waals surface area contributed by atoms with Gasteiger partial charge in [-0.1, -0.05) is 13.8 Å². The summed E-state index contributed by atoms with van der Waals surface area (Å²) in [6.45, 7) is 3.42. The molecule has 6 nitrogen and oxygen atoms in total. The lowest BCUT2D eigenvalue weighted by molar-refractivity contribution is -0.132. The first kappa shape index (κ1) is 17.2. The Hall–Kier alpha value is -2.15. The summed E-state index contributed by atoms with van der Waals surface area (Å²) in [7, 11) is 0. The van der Waals surface area contributed by atoms with E-state index >= 15 is 0 Å². The minimum Gasteiger partial charge on any atom is -0.491 e. The highest BCUT2D eigenvalue weighted by Crippen LogP contribution is 2.25. The fraction of sp³-hybridized carbons (Fsp3) is 0.500. The van der Waals surface area contributed by atoms with Gasteiger partial charge in [0.15, 0.2) is 0 Å². The third kappa shape index (κ3) is 3.61. The zero-order chi connectivity index (χ0) is 17.0. The molecule has 0 aliphatic carbocycles. The molecule has 1 saturated heterocycles. The molecule has 1 unspecified atom stereocenters. The quantitative estimate of drug-likeness (QED) is 0.748. The van der Waals surface area contributed by atoms with Crippen LogP contribution in [0.25, 0.3) is 0 Å². The number of β-amino-alcohol motifs (C(OH)–C–C–N with tert-alkyl or cyclic N) is 1. The molecule has 1 atom stereocenters. The number of aliphatic hydroxyl groups is 1. The average Bonchev–Trinajstić information content (AvgIpc) is 2.79. The molecule has 0 spiro atoms. The molecule has 1 aliphatic rings. The van der Waals surface area contributed by atoms with Crippen LogP contribution in [0.1, 0.15) is 26.7 Å². The molecule has 1 aliphatic heterocycles. The predicted molar refractivity (Wildman–Crippen MR) is 81.5 cm³/mol. The second-order valence-electron chi connectivity index (χ2n) is 5.55. The number of ether oxygens (including phenoxy) is 1. The summed E-state index contributed by atoms with van der Waals surface area (Å²) in [5, 5.41) is 12.7. The molecule has 3 amide bonds. The summed E-state index contributed by atoms with van der Waals surface area (Å²) in [4.78, 5) is 25.4. The molecular weight excluding hydrogens is 303 g/mol. The van der Waals surface area contributed by atoms with Crippen LogP contribution in [0, 0.1) is 5.82 Å². The van der Waals surface area contributed by atoms with Crippen LogP contribution in [0.15, 0.2) is 24.3 Å². The van der Waals surface area contributed by atoms with E-state index < -0.39 is 17.7 Å². The Morgan fingerprint density at radius 2 is 1.87 bits per heavy atom. The van der Waals surface area contributed by atoms with E-state index in [4.69, 9.17) is 4.74 Å². The lowest BCUT2D eigenvalue weighted by Crippen LogP contribution is -2.46. The molecule has 0 aromatic heterocycles. The van der Waals surface area contributed by atoms with Gasteiger partial charge in [-0.2, -0.15) is 0 Å². The van der Waals surface area contributed by atoms with Gasteiger partial charge in [0, 0.05) is 0 Å². The number of nitrogens with one attached hydrogen (secondary N) is 1. The number of carbonyl (C=O) groups is 2. The number of imide groups is 1. The van der Waals surface area contributed by atoms with Gasteiger partial charge in [0.25, 0.3) is 5.91 Å². The van der Waals surface area contributed by atoms with Crippen molar-refractivity contribution in [1.82, 2.24) is 10.2 Å². The van der Waals surface area contributed by atoms with Gasteiger partial charge in [0.05, 0.1) is 6.54 Å². The summed E-state index contributed by atoms with van der Waals surface area (Å²) in [5.74, 6) is -0.305. The molecule has 0 bridgehead atoms. The van der Waals surface area contributed by atoms with Crippen LogP contribution in [0.4, 0.5) is 9.18 Å². The maximum Gasteiger partial charge on any atom is 0.325 e. The maximum absolute atomic E-state index is 12.8. The predicted octanol–water partition coefficient (Wildman–Crippen LogP) is 1.68. The van der Waals surface area contributed by atoms with Crippen LogP contribution < -0.4 is 10.1 Å². The van der Waals surface area contributed by atoms with Crippen LogP contribution in [0.2, 0.25) is 0 Å². The average molecular weight is 324 g/mol. The molecular formula is C16H21FN2O4. The van der Waals surface area contributed by atoms with Crippen molar-refractivity contribution in [1.29, 1.82) is 0 Å². The van der Waals surface area contributed by atoms with E-state index in [1.165, 1.54) is 24.3 Å². The molecule has 1 fully saturated rings. The molecule has 7 heteroatoms. The van der Waals surface area contributed by atoms with Gasteiger partial charge in [-0.05, 0) is 37.1 Å². The van der Waals surface area contributed by atoms with Gasteiger partial charge in [0.2, 0.25) is 0 Å². The molecule has 1 heterocycles. The smallest absolute Gasteiger partial charge is 0.325 e. The number of aliphatic hydroxyl groups excluding tert-OH is 1. The van der Waals surface area contributed by atoms with E-state index in [0.29, 0.717) is 18.6 Å². The molecule has 0 radical (unpaired) electrons. The molecule has 1 aromatic rings. The molecule has 23 heavy (non-hydrogen) atoms. The van der Waals surface area contributed by atoms with E-state index in [1.54, 1.807) is 0 Å². The number of hydrogen-bond donors (Lipinski definition) is 2. The first-order valence-electron chi connectivity index (χ1n) is 7.62. The normalized spacial score (nSPS) is 18.0. The fourth-order valence-corrected chi connectivity index (χ4v) is 2.56. The summed E-state index contributed by atoms with van der Waals surface area (Å²) in [5.41, 5.74) is -0.880. The third-order valence-electron chi connectivity index (χ3n) is 4.10. The Bertz CT molecular complexity index is 572. The Morgan fingerprint density at radius 1 is 1.26 bits per heavy atom. The van der Waals surface area contributed by atoms with E-state index in [1.807, 2.05) is 13.8 Å². The lowest BCUT2D eigenvalue weighted by atomic mass is 9.93. The minimum atomic E-state index is -1.03. The maximum atomic E-state index is 12.8. The van der Waals surface area contributed by atoms with Crippen LogP contribution >= 0.6 is 0 Å². The Labute approximate surface area is 134 Å². The third-order valence-corrected chi connectivity index (χ3v) is 4.10. The van der Waals surface area contributed by atoms with Gasteiger partial charge >= 0.3 is 6.03 Å². The lowest BCUT2D eigenvalue weighted by Gasteiger charge is -2.23. The van der Waals surface area contributed by atoms with Crippen molar-refractivity contribution in [2.75, 3.05) is 13.2 Å². The van der Waals surface area contributed by atoms with Gasteiger partial charge in [-0.3, -0.25) is 9.69 Å². The molecule has 0 saturated carbocycles. The standard InChI is InChI=1S/C16H21FN2O4/c1-3-16(4-2)14(21)19(15(22)18-16)9-12(20)10-23-13-7-5-11(17)6-8-13/h5-8,12,20H,3-4,9-10H2,1-2H3,(H,18,22).